The minimum Gasteiger partial charge on any atom is -0.379 e. The Morgan fingerprint density at radius 1 is 1.00 bits per heavy atom. The smallest absolute Gasteiger partial charge is 0.258 e. The molecule has 4 nitrogen and oxygen atoms in total. The van der Waals surface area contributed by atoms with E-state index in [0.717, 1.165) is 34.7 Å². The monoisotopic (exact) mass is 399 g/mol. The van der Waals surface area contributed by atoms with E-state index in [4.69, 9.17) is 0 Å². The molecule has 0 saturated heterocycles. The number of rotatable bonds is 4. The van der Waals surface area contributed by atoms with Gasteiger partial charge < -0.3 is 5.32 Å². The zero-order valence-electron chi connectivity index (χ0n) is 17.6. The van der Waals surface area contributed by atoms with Gasteiger partial charge in [-0.1, -0.05) is 18.2 Å². The Balaban J connectivity index is 1.19. The number of fused-ring (bicyclic) bond motifs is 1. The number of aromatic nitrogens is 2. The summed E-state index contributed by atoms with van der Waals surface area (Å²) in [5.74, 6) is 2.91. The van der Waals surface area contributed by atoms with Crippen LogP contribution in [0.3, 0.4) is 0 Å². The predicted octanol–water partition coefficient (Wildman–Crippen LogP) is 5.08. The molecule has 0 spiro atoms. The molecule has 2 aromatic heterocycles. The third-order valence-corrected chi connectivity index (χ3v) is 7.87. The van der Waals surface area contributed by atoms with Gasteiger partial charge >= 0.3 is 0 Å². The summed E-state index contributed by atoms with van der Waals surface area (Å²) >= 11 is 0. The van der Waals surface area contributed by atoms with Gasteiger partial charge in [0.2, 0.25) is 0 Å². The van der Waals surface area contributed by atoms with Crippen LogP contribution in [-0.4, -0.2) is 9.38 Å². The standard InChI is InChI=1S/C26H29N3O/c1-17-2-7-24-28-23(11-25(30)29(24)16-17)15-27-22-5-3-21(4-6-22)26-12-18-8-19(13-26)10-20(9-18)14-26/h2-7,11,16,18-20,27H,8-10,12-15H2,1H3. The lowest BCUT2D eigenvalue weighted by Crippen LogP contribution is -2.48. The van der Waals surface area contributed by atoms with E-state index in [-0.39, 0.29) is 5.56 Å². The van der Waals surface area contributed by atoms with Gasteiger partial charge in [0.05, 0.1) is 12.2 Å². The van der Waals surface area contributed by atoms with Crippen molar-refractivity contribution in [2.45, 2.75) is 57.4 Å². The minimum absolute atomic E-state index is 0.0299. The van der Waals surface area contributed by atoms with Crippen molar-refractivity contribution in [3.8, 4) is 0 Å². The van der Waals surface area contributed by atoms with E-state index in [9.17, 15) is 4.79 Å². The fraction of sp³-hybridized carbons (Fsp3) is 0.462. The summed E-state index contributed by atoms with van der Waals surface area (Å²) in [7, 11) is 0. The van der Waals surface area contributed by atoms with Crippen molar-refractivity contribution >= 4 is 11.3 Å². The maximum Gasteiger partial charge on any atom is 0.258 e. The highest BCUT2D eigenvalue weighted by Gasteiger charge is 2.51. The molecular weight excluding hydrogens is 370 g/mol. The van der Waals surface area contributed by atoms with Crippen LogP contribution in [0.2, 0.25) is 0 Å². The van der Waals surface area contributed by atoms with Crippen LogP contribution in [0.15, 0.2) is 53.5 Å². The molecule has 0 aliphatic heterocycles. The third-order valence-electron chi connectivity index (χ3n) is 7.87. The molecule has 30 heavy (non-hydrogen) atoms. The summed E-state index contributed by atoms with van der Waals surface area (Å²) in [5.41, 5.74) is 5.57. The summed E-state index contributed by atoms with van der Waals surface area (Å²) in [5, 5.41) is 3.45. The van der Waals surface area contributed by atoms with Crippen molar-refractivity contribution in [1.29, 1.82) is 0 Å². The van der Waals surface area contributed by atoms with Crippen LogP contribution < -0.4 is 10.9 Å². The molecule has 3 aromatic rings. The van der Waals surface area contributed by atoms with Crippen LogP contribution in [0.4, 0.5) is 5.69 Å². The Morgan fingerprint density at radius 3 is 2.33 bits per heavy atom. The van der Waals surface area contributed by atoms with Crippen molar-refractivity contribution < 1.29 is 0 Å². The molecule has 4 saturated carbocycles. The van der Waals surface area contributed by atoms with E-state index >= 15 is 0 Å². The second kappa shape index (κ2) is 6.69. The quantitative estimate of drug-likeness (QED) is 0.665. The first kappa shape index (κ1) is 18.2. The highest BCUT2D eigenvalue weighted by molar-refractivity contribution is 5.47. The summed E-state index contributed by atoms with van der Waals surface area (Å²) < 4.78 is 1.61. The number of nitrogens with zero attached hydrogens (tertiary/aromatic N) is 2. The van der Waals surface area contributed by atoms with Gasteiger partial charge in [-0.15, -0.1) is 0 Å². The Morgan fingerprint density at radius 2 is 1.67 bits per heavy atom. The van der Waals surface area contributed by atoms with Crippen LogP contribution in [0.25, 0.3) is 5.65 Å². The molecule has 0 unspecified atom stereocenters. The van der Waals surface area contributed by atoms with E-state index in [1.165, 1.54) is 38.5 Å². The van der Waals surface area contributed by atoms with Gasteiger partial charge in [-0.05, 0) is 97.9 Å². The van der Waals surface area contributed by atoms with E-state index in [1.807, 2.05) is 25.3 Å². The Labute approximate surface area is 177 Å². The molecule has 0 radical (unpaired) electrons. The lowest BCUT2D eigenvalue weighted by atomic mass is 9.48. The molecule has 1 N–H and O–H groups in total. The van der Waals surface area contributed by atoms with E-state index in [2.05, 4.69) is 34.6 Å². The number of benzene rings is 1. The molecule has 0 atom stereocenters. The van der Waals surface area contributed by atoms with Gasteiger partial charge in [0.15, 0.2) is 0 Å². The topological polar surface area (TPSA) is 46.4 Å². The minimum atomic E-state index is -0.0299. The highest BCUT2D eigenvalue weighted by atomic mass is 16.1. The molecule has 1 aromatic carbocycles. The molecular formula is C26H29N3O. The maximum absolute atomic E-state index is 12.4. The average molecular weight is 400 g/mol. The third kappa shape index (κ3) is 3.05. The molecule has 4 aliphatic carbocycles. The van der Waals surface area contributed by atoms with Crippen LogP contribution in [-0.2, 0) is 12.0 Å². The Hall–Kier alpha value is -2.62. The number of hydrogen-bond donors (Lipinski definition) is 1. The normalized spacial score (nSPS) is 29.4. The summed E-state index contributed by atoms with van der Waals surface area (Å²) in [6, 6.07) is 14.6. The first-order valence-corrected chi connectivity index (χ1v) is 11.4. The molecule has 4 heteroatoms. The lowest BCUT2D eigenvalue weighted by Gasteiger charge is -2.57. The van der Waals surface area contributed by atoms with Crippen LogP contribution in [0.5, 0.6) is 0 Å². The fourth-order valence-corrected chi connectivity index (χ4v) is 6.95. The SMILES string of the molecule is Cc1ccc2nc(CNc3ccc(C45CC6CC(CC(C6)C4)C5)cc3)cc(=O)n2c1. The van der Waals surface area contributed by atoms with Gasteiger partial charge in [-0.25, -0.2) is 4.98 Å². The summed E-state index contributed by atoms with van der Waals surface area (Å²) in [4.78, 5) is 17.0. The molecule has 154 valence electrons. The molecule has 2 heterocycles. The highest BCUT2D eigenvalue weighted by Crippen LogP contribution is 2.60. The zero-order chi connectivity index (χ0) is 20.3. The van der Waals surface area contributed by atoms with Crippen molar-refractivity contribution in [2.75, 3.05) is 5.32 Å². The summed E-state index contributed by atoms with van der Waals surface area (Å²) in [6.07, 6.45) is 10.5. The Bertz CT molecular complexity index is 1130. The van der Waals surface area contributed by atoms with Crippen molar-refractivity contribution in [3.05, 3.63) is 75.8 Å². The number of aryl methyl sites for hydroxylation is 1. The van der Waals surface area contributed by atoms with Crippen molar-refractivity contribution in [1.82, 2.24) is 9.38 Å². The van der Waals surface area contributed by atoms with E-state index in [1.54, 1.807) is 16.0 Å². The number of hydrogen-bond acceptors (Lipinski definition) is 3. The maximum atomic E-state index is 12.4. The molecule has 0 amide bonds. The van der Waals surface area contributed by atoms with Crippen molar-refractivity contribution in [3.63, 3.8) is 0 Å². The van der Waals surface area contributed by atoms with Gasteiger partial charge in [0.25, 0.3) is 5.56 Å². The predicted molar refractivity (Wildman–Crippen MR) is 120 cm³/mol. The zero-order valence-corrected chi connectivity index (χ0v) is 17.6. The number of anilines is 1. The number of nitrogens with one attached hydrogen (secondary N) is 1. The van der Waals surface area contributed by atoms with E-state index < -0.39 is 0 Å². The van der Waals surface area contributed by atoms with E-state index in [0.29, 0.717) is 17.6 Å². The van der Waals surface area contributed by atoms with Gasteiger partial charge in [-0.2, -0.15) is 0 Å². The first-order valence-electron chi connectivity index (χ1n) is 11.4. The van der Waals surface area contributed by atoms with Crippen molar-refractivity contribution in [2.24, 2.45) is 17.8 Å². The number of pyridine rings is 1. The lowest BCUT2D eigenvalue weighted by molar-refractivity contribution is -0.00518. The van der Waals surface area contributed by atoms with Gasteiger partial charge in [0, 0.05) is 18.0 Å². The largest absolute Gasteiger partial charge is 0.379 e. The Kier molecular flexibility index (Phi) is 4.06. The molecule has 4 bridgehead atoms. The summed E-state index contributed by atoms with van der Waals surface area (Å²) in [6.45, 7) is 2.53. The second-order valence-electron chi connectivity index (χ2n) is 10.1. The molecule has 4 fully saturated rings. The molecule has 7 rings (SSSR count). The second-order valence-corrected chi connectivity index (χ2v) is 10.1. The average Bonchev–Trinajstić information content (AvgIpc) is 2.72. The fourth-order valence-electron chi connectivity index (χ4n) is 6.95. The molecule has 4 aliphatic rings. The first-order chi connectivity index (χ1) is 14.6. The van der Waals surface area contributed by atoms with Crippen LogP contribution >= 0.6 is 0 Å². The van der Waals surface area contributed by atoms with Gasteiger partial charge in [-0.3, -0.25) is 9.20 Å². The van der Waals surface area contributed by atoms with Gasteiger partial charge in [0.1, 0.15) is 5.65 Å². The van der Waals surface area contributed by atoms with Crippen LogP contribution in [0.1, 0.15) is 55.3 Å². The van der Waals surface area contributed by atoms with Crippen LogP contribution in [0, 0.1) is 24.7 Å².